The summed E-state index contributed by atoms with van der Waals surface area (Å²) in [6.45, 7) is 3.14. The van der Waals surface area contributed by atoms with E-state index in [-0.39, 0.29) is 51.9 Å². The Labute approximate surface area is 284 Å². The van der Waals surface area contributed by atoms with E-state index >= 15 is 0 Å². The molecule has 49 heavy (non-hydrogen) atoms. The van der Waals surface area contributed by atoms with Gasteiger partial charge in [0.2, 0.25) is 0 Å². The molecular weight excluding hydrogens is 684 g/mol. The molecule has 0 radical (unpaired) electrons. The summed E-state index contributed by atoms with van der Waals surface area (Å²) < 4.78 is 67.4. The second-order valence-corrected chi connectivity index (χ2v) is 13.6. The zero-order valence-corrected chi connectivity index (χ0v) is 29.9. The molecule has 3 heterocycles. The molecule has 4 rings (SSSR count). The van der Waals surface area contributed by atoms with Gasteiger partial charge >= 0.3 is 15.6 Å². The Hall–Kier alpha value is -2.93. The quantitative estimate of drug-likeness (QED) is 0.0688. The predicted octanol–water partition coefficient (Wildman–Crippen LogP) is 4.68. The highest BCUT2D eigenvalue weighted by Gasteiger charge is 2.33. The van der Waals surface area contributed by atoms with E-state index in [1.807, 2.05) is 31.2 Å². The number of benzene rings is 1. The van der Waals surface area contributed by atoms with Crippen LogP contribution in [-0.4, -0.2) is 109 Å². The van der Waals surface area contributed by atoms with Gasteiger partial charge in [0.1, 0.15) is 23.6 Å². The molecule has 0 fully saturated rings. The van der Waals surface area contributed by atoms with Gasteiger partial charge in [-0.3, -0.25) is 31.7 Å². The minimum atomic E-state index is -4.18. The molecule has 4 aromatic rings. The molecule has 0 aliphatic heterocycles. The summed E-state index contributed by atoms with van der Waals surface area (Å²) in [4.78, 5) is 20.3. The number of rotatable bonds is 26. The summed E-state index contributed by atoms with van der Waals surface area (Å²) in [5.74, 6) is 0.129. The lowest BCUT2D eigenvalue weighted by molar-refractivity contribution is 0.0410. The Kier molecular flexibility index (Phi) is 15.9. The van der Waals surface area contributed by atoms with Crippen molar-refractivity contribution in [3.05, 3.63) is 42.2 Å². The topological polar surface area (TPSA) is 208 Å². The average Bonchev–Trinajstić information content (AvgIpc) is 3.72. The minimum absolute atomic E-state index is 0.0103. The van der Waals surface area contributed by atoms with Gasteiger partial charge in [0, 0.05) is 26.9 Å². The third-order valence-electron chi connectivity index (χ3n) is 6.61. The molecule has 0 spiro atoms. The van der Waals surface area contributed by atoms with Crippen molar-refractivity contribution >= 4 is 37.8 Å². The number of likely N-dealkylation sites (N-methyl/N-ethyl adjacent to an activating group) is 2. The fraction of sp³-hybridized carbons (Fsp3) is 0.607. The molecule has 19 nitrogen and oxygen atoms in total. The summed E-state index contributed by atoms with van der Waals surface area (Å²) in [5, 5.41) is 15.0. The van der Waals surface area contributed by atoms with Gasteiger partial charge in [-0.25, -0.2) is 19.1 Å². The minimum Gasteiger partial charge on any atom is -0.663 e. The standard InChI is InChI=1S/C28H44N9O10P2/c1-5-10-25(36-22-33-26-27(36)31-21-32-28(26)46-37-24-12-7-6-11-23(24)34-35-37)47-49(39,45-20-14-30-3)43-18-9-17-42-48(38,44-19-13-29-2)41-16-8-15-40-4/h6-7,11-12,21-22,25,29H,5,8-10,13-20H2,1-4H3/q-1. The first-order chi connectivity index (χ1) is 23.8. The Morgan fingerprint density at radius 2 is 1.63 bits per heavy atom. The largest absolute Gasteiger partial charge is 0.663 e. The number of phosphoric ester groups is 2. The number of methoxy groups -OCH3 is 1. The maximum Gasteiger partial charge on any atom is 0.476 e. The predicted molar refractivity (Wildman–Crippen MR) is 178 cm³/mol. The highest BCUT2D eigenvalue weighted by Crippen LogP contribution is 2.54. The number of para-hydroxylation sites is 1. The van der Waals surface area contributed by atoms with E-state index in [0.717, 1.165) is 0 Å². The Bertz CT molecular complexity index is 1660. The van der Waals surface area contributed by atoms with Crippen LogP contribution in [0.1, 0.15) is 38.8 Å². The zero-order chi connectivity index (χ0) is 35.0. The highest BCUT2D eigenvalue weighted by molar-refractivity contribution is 7.48. The van der Waals surface area contributed by atoms with Crippen LogP contribution in [0, 0.1) is 0 Å². The van der Waals surface area contributed by atoms with Crippen LogP contribution in [0.25, 0.3) is 27.5 Å². The van der Waals surface area contributed by atoms with Crippen LogP contribution in [-0.2, 0) is 41.0 Å². The van der Waals surface area contributed by atoms with Crippen molar-refractivity contribution in [2.24, 2.45) is 0 Å². The SMILES string of the molecule is CCCC(OP(=O)(OCCCOP(=O)(OCCCOC)OCCNC)OCC[N-]C)n1cnc2c(On3nnc4ccccc43)ncnc21. The lowest BCUT2D eigenvalue weighted by Crippen LogP contribution is -2.16. The molecule has 21 heteroatoms. The summed E-state index contributed by atoms with van der Waals surface area (Å²) >= 11 is 0. The van der Waals surface area contributed by atoms with Crippen molar-refractivity contribution in [1.82, 2.24) is 40.0 Å². The average molecular weight is 729 g/mol. The smallest absolute Gasteiger partial charge is 0.476 e. The number of hydrogen-bond acceptors (Lipinski definition) is 16. The molecule has 0 saturated carbocycles. The van der Waals surface area contributed by atoms with Crippen LogP contribution in [0.3, 0.4) is 0 Å². The zero-order valence-electron chi connectivity index (χ0n) is 28.1. The molecular formula is C28H44N9O10P2-. The lowest BCUT2D eigenvalue weighted by Gasteiger charge is -2.26. The second-order valence-electron chi connectivity index (χ2n) is 10.3. The molecule has 0 bridgehead atoms. The monoisotopic (exact) mass is 728 g/mol. The molecule has 1 aromatic carbocycles. The van der Waals surface area contributed by atoms with Gasteiger partial charge < -0.3 is 20.2 Å². The van der Waals surface area contributed by atoms with E-state index in [1.54, 1.807) is 25.8 Å². The van der Waals surface area contributed by atoms with Crippen LogP contribution >= 0.6 is 15.6 Å². The number of fused-ring (bicyclic) bond motifs is 2. The van der Waals surface area contributed by atoms with Gasteiger partial charge in [0.25, 0.3) is 5.88 Å². The van der Waals surface area contributed by atoms with E-state index in [9.17, 15) is 9.13 Å². The van der Waals surface area contributed by atoms with Gasteiger partial charge in [-0.1, -0.05) is 30.3 Å². The highest BCUT2D eigenvalue weighted by atomic mass is 31.2. The molecule has 0 aliphatic rings. The van der Waals surface area contributed by atoms with Crippen molar-refractivity contribution < 1.29 is 45.8 Å². The summed E-state index contributed by atoms with van der Waals surface area (Å²) in [5.41, 5.74) is 1.96. The number of nitrogens with zero attached hydrogens (tertiary/aromatic N) is 8. The van der Waals surface area contributed by atoms with Gasteiger partial charge in [0.15, 0.2) is 11.2 Å². The molecule has 0 aliphatic carbocycles. The van der Waals surface area contributed by atoms with Crippen LogP contribution in [0.15, 0.2) is 36.9 Å². The van der Waals surface area contributed by atoms with Gasteiger partial charge in [0.05, 0.1) is 32.8 Å². The van der Waals surface area contributed by atoms with Gasteiger partial charge in [-0.2, -0.15) is 12.0 Å². The van der Waals surface area contributed by atoms with Crippen molar-refractivity contribution in [2.75, 3.05) is 73.9 Å². The summed E-state index contributed by atoms with van der Waals surface area (Å²) in [7, 11) is -3.12. The number of aromatic nitrogens is 7. The summed E-state index contributed by atoms with van der Waals surface area (Å²) in [6.07, 6.45) is 3.69. The molecule has 3 atom stereocenters. The Morgan fingerprint density at radius 3 is 2.37 bits per heavy atom. The lowest BCUT2D eigenvalue weighted by atomic mass is 10.3. The number of imidazole rings is 1. The van der Waals surface area contributed by atoms with Gasteiger partial charge in [-0.05, 0) is 43.7 Å². The third kappa shape index (κ3) is 11.6. The fourth-order valence-electron chi connectivity index (χ4n) is 4.25. The van der Waals surface area contributed by atoms with E-state index < -0.39 is 21.9 Å². The first-order valence-corrected chi connectivity index (χ1v) is 18.7. The maximum atomic E-state index is 14.0. The first kappa shape index (κ1) is 38.9. The Morgan fingerprint density at radius 1 is 0.918 bits per heavy atom. The summed E-state index contributed by atoms with van der Waals surface area (Å²) in [6, 6.07) is 7.30. The molecule has 272 valence electrons. The molecule has 0 saturated heterocycles. The van der Waals surface area contributed by atoms with Crippen molar-refractivity contribution in [2.45, 2.75) is 38.8 Å². The van der Waals surface area contributed by atoms with Crippen LogP contribution in [0.4, 0.5) is 0 Å². The van der Waals surface area contributed by atoms with Crippen LogP contribution in [0.2, 0.25) is 0 Å². The Balaban J connectivity index is 1.44. The van der Waals surface area contributed by atoms with Gasteiger partial charge in [-0.15, -0.1) is 11.6 Å². The fourth-order valence-corrected chi connectivity index (χ4v) is 6.85. The van der Waals surface area contributed by atoms with Crippen molar-refractivity contribution in [3.63, 3.8) is 0 Å². The van der Waals surface area contributed by atoms with Crippen LogP contribution in [0.5, 0.6) is 5.88 Å². The number of hydrogen-bond donors (Lipinski definition) is 1. The number of nitrogens with one attached hydrogen (secondary N) is 1. The molecule has 1 N–H and O–H groups in total. The maximum absolute atomic E-state index is 14.0. The van der Waals surface area contributed by atoms with E-state index in [1.165, 1.54) is 17.5 Å². The van der Waals surface area contributed by atoms with Crippen molar-refractivity contribution in [3.8, 4) is 5.88 Å². The van der Waals surface area contributed by atoms with E-state index in [2.05, 4.69) is 35.9 Å². The third-order valence-corrected chi connectivity index (χ3v) is 9.61. The number of phosphoric acid groups is 2. The first-order valence-electron chi connectivity index (χ1n) is 15.8. The molecule has 3 aromatic heterocycles. The molecule has 0 amide bonds. The normalized spacial score (nSPS) is 15.0. The second kappa shape index (κ2) is 20.1. The van der Waals surface area contributed by atoms with Crippen LogP contribution < -0.4 is 10.2 Å². The van der Waals surface area contributed by atoms with E-state index in [0.29, 0.717) is 54.6 Å². The number of ether oxygens (including phenoxy) is 1. The molecule has 3 unspecified atom stereocenters. The van der Waals surface area contributed by atoms with E-state index in [4.69, 9.17) is 36.7 Å². The van der Waals surface area contributed by atoms with Crippen molar-refractivity contribution in [1.29, 1.82) is 0 Å².